The van der Waals surface area contributed by atoms with E-state index in [2.05, 4.69) is 6.07 Å². The predicted octanol–water partition coefficient (Wildman–Crippen LogP) is 2.85. The minimum Gasteiger partial charge on any atom is -0.397 e. The molecule has 0 amide bonds. The topological polar surface area (TPSA) is 26.0 Å². The molecular formula is C9H12ClN. The maximum atomic E-state index is 5.96. The minimum absolute atomic E-state index is 0.697. The van der Waals surface area contributed by atoms with E-state index in [9.17, 15) is 0 Å². The first-order chi connectivity index (χ1) is 5.04. The third-order valence-corrected chi connectivity index (χ3v) is 2.50. The van der Waals surface area contributed by atoms with Crippen LogP contribution in [0.1, 0.15) is 16.7 Å². The Hall–Kier alpha value is -0.690. The molecule has 0 aromatic heterocycles. The van der Waals surface area contributed by atoms with Gasteiger partial charge < -0.3 is 5.73 Å². The normalized spacial score (nSPS) is 10.2. The van der Waals surface area contributed by atoms with Gasteiger partial charge in [0.15, 0.2) is 0 Å². The second kappa shape index (κ2) is 2.74. The van der Waals surface area contributed by atoms with Crippen LogP contribution < -0.4 is 5.73 Å². The van der Waals surface area contributed by atoms with Crippen LogP contribution in [0.2, 0.25) is 5.02 Å². The van der Waals surface area contributed by atoms with Crippen LogP contribution in [-0.4, -0.2) is 0 Å². The van der Waals surface area contributed by atoms with Crippen molar-refractivity contribution in [1.29, 1.82) is 0 Å². The monoisotopic (exact) mass is 169 g/mol. The van der Waals surface area contributed by atoms with Crippen LogP contribution in [0.3, 0.4) is 0 Å². The van der Waals surface area contributed by atoms with Crippen molar-refractivity contribution in [1.82, 2.24) is 0 Å². The van der Waals surface area contributed by atoms with Crippen LogP contribution in [0.15, 0.2) is 6.07 Å². The number of anilines is 1. The average molecular weight is 170 g/mol. The number of benzene rings is 1. The highest BCUT2D eigenvalue weighted by Gasteiger charge is 2.05. The van der Waals surface area contributed by atoms with Crippen LogP contribution in [0.5, 0.6) is 0 Å². The van der Waals surface area contributed by atoms with Gasteiger partial charge in [-0.3, -0.25) is 0 Å². The van der Waals surface area contributed by atoms with Gasteiger partial charge in [0.1, 0.15) is 0 Å². The molecule has 0 heterocycles. The Bertz CT molecular complexity index is 266. The summed E-state index contributed by atoms with van der Waals surface area (Å²) in [6.07, 6.45) is 0. The van der Waals surface area contributed by atoms with Gasteiger partial charge in [-0.25, -0.2) is 0 Å². The Morgan fingerprint density at radius 1 is 1.18 bits per heavy atom. The number of hydrogen-bond donors (Lipinski definition) is 1. The summed E-state index contributed by atoms with van der Waals surface area (Å²) in [5.74, 6) is 0. The standard InChI is InChI=1S/C9H12ClN/c1-5-4-6(2)9(11)8(10)7(5)3/h4H,11H2,1-3H3. The van der Waals surface area contributed by atoms with Crippen LogP contribution in [0, 0.1) is 20.8 Å². The molecule has 1 nitrogen and oxygen atoms in total. The third kappa shape index (κ3) is 1.33. The van der Waals surface area contributed by atoms with Gasteiger partial charge in [-0.1, -0.05) is 17.7 Å². The van der Waals surface area contributed by atoms with Gasteiger partial charge in [0.25, 0.3) is 0 Å². The molecule has 2 N–H and O–H groups in total. The minimum atomic E-state index is 0.697. The summed E-state index contributed by atoms with van der Waals surface area (Å²) >= 11 is 5.96. The lowest BCUT2D eigenvalue weighted by molar-refractivity contribution is 1.30. The van der Waals surface area contributed by atoms with Crippen molar-refractivity contribution in [3.63, 3.8) is 0 Å². The van der Waals surface area contributed by atoms with Gasteiger partial charge in [0.2, 0.25) is 0 Å². The smallest absolute Gasteiger partial charge is 0.0669 e. The quantitative estimate of drug-likeness (QED) is 0.594. The highest BCUT2D eigenvalue weighted by molar-refractivity contribution is 6.34. The summed E-state index contributed by atoms with van der Waals surface area (Å²) in [7, 11) is 0. The summed E-state index contributed by atoms with van der Waals surface area (Å²) < 4.78 is 0. The number of hydrogen-bond acceptors (Lipinski definition) is 1. The van der Waals surface area contributed by atoms with Gasteiger partial charge in [0, 0.05) is 0 Å². The Kier molecular flexibility index (Phi) is 2.10. The molecule has 2 heteroatoms. The Morgan fingerprint density at radius 2 is 1.73 bits per heavy atom. The first kappa shape index (κ1) is 8.41. The van der Waals surface area contributed by atoms with Gasteiger partial charge >= 0.3 is 0 Å². The van der Waals surface area contributed by atoms with Crippen LogP contribution in [0.25, 0.3) is 0 Å². The van der Waals surface area contributed by atoms with E-state index in [-0.39, 0.29) is 0 Å². The van der Waals surface area contributed by atoms with Crippen LogP contribution in [0.4, 0.5) is 5.69 Å². The van der Waals surface area contributed by atoms with Gasteiger partial charge in [0.05, 0.1) is 10.7 Å². The highest BCUT2D eigenvalue weighted by Crippen LogP contribution is 2.28. The largest absolute Gasteiger partial charge is 0.397 e. The summed E-state index contributed by atoms with van der Waals surface area (Å²) in [5.41, 5.74) is 9.75. The van der Waals surface area contributed by atoms with E-state index in [1.165, 1.54) is 5.56 Å². The molecule has 0 radical (unpaired) electrons. The van der Waals surface area contributed by atoms with Gasteiger partial charge in [-0.2, -0.15) is 0 Å². The van der Waals surface area contributed by atoms with Gasteiger partial charge in [-0.05, 0) is 37.5 Å². The molecule has 1 aromatic rings. The van der Waals surface area contributed by atoms with E-state index >= 15 is 0 Å². The molecule has 60 valence electrons. The van der Waals surface area contributed by atoms with Crippen LogP contribution in [-0.2, 0) is 0 Å². The average Bonchev–Trinajstić information content (AvgIpc) is 1.97. The fourth-order valence-corrected chi connectivity index (χ4v) is 1.36. The highest BCUT2D eigenvalue weighted by atomic mass is 35.5. The third-order valence-electron chi connectivity index (χ3n) is 2.02. The molecule has 0 saturated carbocycles. The lowest BCUT2D eigenvalue weighted by Crippen LogP contribution is -1.94. The molecule has 0 fully saturated rings. The first-order valence-corrected chi connectivity index (χ1v) is 3.93. The number of aryl methyl sites for hydroxylation is 2. The lowest BCUT2D eigenvalue weighted by atomic mass is 10.1. The summed E-state index contributed by atoms with van der Waals surface area (Å²) in [4.78, 5) is 0. The molecule has 0 aliphatic heterocycles. The van der Waals surface area contributed by atoms with Crippen molar-refractivity contribution >= 4 is 17.3 Å². The first-order valence-electron chi connectivity index (χ1n) is 3.56. The van der Waals surface area contributed by atoms with Crippen molar-refractivity contribution in [2.24, 2.45) is 0 Å². The van der Waals surface area contributed by atoms with Crippen molar-refractivity contribution in [3.8, 4) is 0 Å². The zero-order chi connectivity index (χ0) is 8.59. The zero-order valence-corrected chi connectivity index (χ0v) is 7.79. The van der Waals surface area contributed by atoms with E-state index in [1.807, 2.05) is 20.8 Å². The van der Waals surface area contributed by atoms with Crippen molar-refractivity contribution in [2.75, 3.05) is 5.73 Å². The molecule has 0 atom stereocenters. The Balaban J connectivity index is 3.46. The Morgan fingerprint density at radius 3 is 2.27 bits per heavy atom. The molecule has 0 unspecified atom stereocenters. The maximum absolute atomic E-state index is 5.96. The summed E-state index contributed by atoms with van der Waals surface area (Å²) in [6, 6.07) is 2.05. The summed E-state index contributed by atoms with van der Waals surface area (Å²) in [6.45, 7) is 5.98. The predicted molar refractivity (Wildman–Crippen MR) is 50.1 cm³/mol. The molecule has 0 spiro atoms. The number of nitrogen functional groups attached to an aromatic ring is 1. The molecule has 0 saturated heterocycles. The molecular weight excluding hydrogens is 158 g/mol. The maximum Gasteiger partial charge on any atom is 0.0669 e. The van der Waals surface area contributed by atoms with Crippen molar-refractivity contribution in [2.45, 2.75) is 20.8 Å². The molecule has 1 rings (SSSR count). The molecule has 0 aliphatic carbocycles. The summed E-state index contributed by atoms with van der Waals surface area (Å²) in [5, 5.41) is 0.697. The zero-order valence-electron chi connectivity index (χ0n) is 7.03. The van der Waals surface area contributed by atoms with E-state index < -0.39 is 0 Å². The number of nitrogens with two attached hydrogens (primary N) is 1. The van der Waals surface area contributed by atoms with E-state index in [1.54, 1.807) is 0 Å². The fraction of sp³-hybridized carbons (Fsp3) is 0.333. The molecule has 11 heavy (non-hydrogen) atoms. The second-order valence-corrected chi connectivity index (χ2v) is 3.24. The SMILES string of the molecule is Cc1cc(C)c(N)c(Cl)c1C. The number of rotatable bonds is 0. The Labute approximate surface area is 72.2 Å². The van der Waals surface area contributed by atoms with Crippen molar-refractivity contribution in [3.05, 3.63) is 27.8 Å². The van der Waals surface area contributed by atoms with Gasteiger partial charge in [-0.15, -0.1) is 0 Å². The van der Waals surface area contributed by atoms with E-state index in [0.29, 0.717) is 10.7 Å². The molecule has 0 bridgehead atoms. The molecule has 0 aliphatic rings. The number of halogens is 1. The second-order valence-electron chi connectivity index (χ2n) is 2.86. The molecule has 1 aromatic carbocycles. The van der Waals surface area contributed by atoms with E-state index in [4.69, 9.17) is 17.3 Å². The lowest BCUT2D eigenvalue weighted by Gasteiger charge is -2.08. The van der Waals surface area contributed by atoms with E-state index in [0.717, 1.165) is 11.1 Å². The van der Waals surface area contributed by atoms with Crippen LogP contribution >= 0.6 is 11.6 Å². The fourth-order valence-electron chi connectivity index (χ4n) is 1.06. The van der Waals surface area contributed by atoms with Crippen molar-refractivity contribution < 1.29 is 0 Å².